The zero-order valence-electron chi connectivity index (χ0n) is 11.7. The van der Waals surface area contributed by atoms with Crippen LogP contribution in [0.3, 0.4) is 0 Å². The minimum Gasteiger partial charge on any atom is -0.480 e. The molecule has 1 aromatic carbocycles. The number of para-hydroxylation sites is 1. The van der Waals surface area contributed by atoms with Crippen LogP contribution in [-0.4, -0.2) is 33.6 Å². The molecule has 0 spiro atoms. The van der Waals surface area contributed by atoms with Crippen LogP contribution < -0.4 is 10.2 Å². The van der Waals surface area contributed by atoms with Gasteiger partial charge in [-0.15, -0.1) is 0 Å². The fourth-order valence-corrected chi connectivity index (χ4v) is 2.43. The fraction of sp³-hybridized carbons (Fsp3) is 0.267. The maximum Gasteiger partial charge on any atom is 0.325 e. The van der Waals surface area contributed by atoms with Crippen molar-refractivity contribution in [2.24, 2.45) is 0 Å². The Morgan fingerprint density at radius 2 is 2.19 bits per heavy atom. The van der Waals surface area contributed by atoms with E-state index in [1.54, 1.807) is 13.0 Å². The van der Waals surface area contributed by atoms with Crippen molar-refractivity contribution in [3.05, 3.63) is 42.2 Å². The van der Waals surface area contributed by atoms with Crippen molar-refractivity contribution in [3.8, 4) is 0 Å². The van der Waals surface area contributed by atoms with E-state index in [9.17, 15) is 4.79 Å². The highest BCUT2D eigenvalue weighted by atomic mass is 16.4. The first-order chi connectivity index (χ1) is 10.1. The summed E-state index contributed by atoms with van der Waals surface area (Å²) >= 11 is 0. The second-order valence-electron chi connectivity index (χ2n) is 5.00. The third-order valence-corrected chi connectivity index (χ3v) is 3.55. The molecule has 0 radical (unpaired) electrons. The van der Waals surface area contributed by atoms with Crippen molar-refractivity contribution in [1.29, 1.82) is 0 Å². The van der Waals surface area contributed by atoms with E-state index in [-0.39, 0.29) is 0 Å². The molecule has 2 N–H and O–H groups in total. The molecule has 2 aromatic rings. The van der Waals surface area contributed by atoms with Crippen LogP contribution in [0.25, 0.3) is 0 Å². The summed E-state index contributed by atoms with van der Waals surface area (Å²) in [5, 5.41) is 11.8. The van der Waals surface area contributed by atoms with Crippen molar-refractivity contribution in [3.63, 3.8) is 0 Å². The molecule has 6 heteroatoms. The number of carboxylic acid groups (broad SMARTS) is 1. The SMILES string of the molecule is CC(Nc1cc(N2CCc3ccccc32)ncn1)C(=O)O. The summed E-state index contributed by atoms with van der Waals surface area (Å²) in [6.07, 6.45) is 2.43. The van der Waals surface area contributed by atoms with E-state index in [1.807, 2.05) is 12.1 Å². The molecule has 6 nitrogen and oxygen atoms in total. The van der Waals surface area contributed by atoms with Crippen molar-refractivity contribution in [2.75, 3.05) is 16.8 Å². The van der Waals surface area contributed by atoms with E-state index in [4.69, 9.17) is 5.11 Å². The Balaban J connectivity index is 1.86. The second-order valence-corrected chi connectivity index (χ2v) is 5.00. The molecule has 1 aliphatic heterocycles. The monoisotopic (exact) mass is 284 g/mol. The number of carboxylic acids is 1. The molecular formula is C15H16N4O2. The van der Waals surface area contributed by atoms with Gasteiger partial charge in [-0.3, -0.25) is 4.79 Å². The number of fused-ring (bicyclic) bond motifs is 1. The van der Waals surface area contributed by atoms with Gasteiger partial charge < -0.3 is 15.3 Å². The number of nitrogens with zero attached hydrogens (tertiary/aromatic N) is 3. The first-order valence-electron chi connectivity index (χ1n) is 6.82. The van der Waals surface area contributed by atoms with E-state index < -0.39 is 12.0 Å². The first kappa shape index (κ1) is 13.4. The standard InChI is InChI=1S/C15H16N4O2/c1-10(15(20)21)18-13-8-14(17-9-16-13)19-7-6-11-4-2-3-5-12(11)19/h2-5,8-10H,6-7H2,1H3,(H,20,21)(H,16,17,18). The zero-order chi connectivity index (χ0) is 14.8. The highest BCUT2D eigenvalue weighted by molar-refractivity contribution is 5.76. The summed E-state index contributed by atoms with van der Waals surface area (Å²) in [7, 11) is 0. The molecular weight excluding hydrogens is 268 g/mol. The summed E-state index contributed by atoms with van der Waals surface area (Å²) < 4.78 is 0. The quantitative estimate of drug-likeness (QED) is 0.894. The van der Waals surface area contributed by atoms with Crippen molar-refractivity contribution in [1.82, 2.24) is 9.97 Å². The third kappa shape index (κ3) is 2.65. The number of hydrogen-bond donors (Lipinski definition) is 2. The summed E-state index contributed by atoms with van der Waals surface area (Å²) in [6, 6.07) is 9.30. The van der Waals surface area contributed by atoms with Crippen molar-refractivity contribution in [2.45, 2.75) is 19.4 Å². The van der Waals surface area contributed by atoms with Gasteiger partial charge in [0.25, 0.3) is 0 Å². The average molecular weight is 284 g/mol. The highest BCUT2D eigenvalue weighted by Crippen LogP contribution is 2.33. The average Bonchev–Trinajstić information content (AvgIpc) is 2.91. The maximum absolute atomic E-state index is 10.9. The van der Waals surface area contributed by atoms with E-state index in [1.165, 1.54) is 11.9 Å². The molecule has 21 heavy (non-hydrogen) atoms. The van der Waals surface area contributed by atoms with Gasteiger partial charge in [-0.2, -0.15) is 0 Å². The Morgan fingerprint density at radius 3 is 3.00 bits per heavy atom. The minimum absolute atomic E-state index is 0.513. The maximum atomic E-state index is 10.9. The van der Waals surface area contributed by atoms with E-state index in [0.29, 0.717) is 5.82 Å². The van der Waals surface area contributed by atoms with Crippen LogP contribution in [0.4, 0.5) is 17.3 Å². The molecule has 0 amide bonds. The zero-order valence-corrected chi connectivity index (χ0v) is 11.7. The van der Waals surface area contributed by atoms with Crippen LogP contribution in [0.2, 0.25) is 0 Å². The van der Waals surface area contributed by atoms with Crippen molar-refractivity contribution < 1.29 is 9.90 Å². The molecule has 0 bridgehead atoms. The van der Waals surface area contributed by atoms with Gasteiger partial charge in [0, 0.05) is 18.3 Å². The lowest BCUT2D eigenvalue weighted by Gasteiger charge is -2.19. The van der Waals surface area contributed by atoms with E-state index in [0.717, 1.165) is 24.5 Å². The molecule has 1 aliphatic rings. The smallest absolute Gasteiger partial charge is 0.325 e. The molecule has 1 aromatic heterocycles. The van der Waals surface area contributed by atoms with Crippen LogP contribution in [0.5, 0.6) is 0 Å². The molecule has 0 saturated heterocycles. The molecule has 1 unspecified atom stereocenters. The Kier molecular flexibility index (Phi) is 3.43. The Labute approximate surface area is 122 Å². The number of anilines is 3. The molecule has 0 saturated carbocycles. The van der Waals surface area contributed by atoms with Gasteiger partial charge in [-0.25, -0.2) is 9.97 Å². The molecule has 2 heterocycles. The molecule has 1 atom stereocenters. The first-order valence-corrected chi connectivity index (χ1v) is 6.82. The van der Waals surface area contributed by atoms with Gasteiger partial charge in [0.1, 0.15) is 24.0 Å². The summed E-state index contributed by atoms with van der Waals surface area (Å²) in [5.41, 5.74) is 2.44. The van der Waals surface area contributed by atoms with Crippen LogP contribution in [0, 0.1) is 0 Å². The van der Waals surface area contributed by atoms with Crippen LogP contribution in [0.15, 0.2) is 36.7 Å². The summed E-state index contributed by atoms with van der Waals surface area (Å²) in [4.78, 5) is 21.4. The van der Waals surface area contributed by atoms with Gasteiger partial charge in [-0.05, 0) is 25.0 Å². The number of aromatic nitrogens is 2. The van der Waals surface area contributed by atoms with Crippen LogP contribution in [0.1, 0.15) is 12.5 Å². The van der Waals surface area contributed by atoms with Gasteiger partial charge >= 0.3 is 5.97 Å². The molecule has 108 valence electrons. The lowest BCUT2D eigenvalue weighted by molar-refractivity contribution is -0.137. The van der Waals surface area contributed by atoms with Gasteiger partial charge in [0.2, 0.25) is 0 Å². The Bertz CT molecular complexity index is 674. The number of benzene rings is 1. The topological polar surface area (TPSA) is 78.3 Å². The molecule has 0 aliphatic carbocycles. The lowest BCUT2D eigenvalue weighted by atomic mass is 10.2. The number of rotatable bonds is 4. The predicted molar refractivity (Wildman–Crippen MR) is 79.9 cm³/mol. The van der Waals surface area contributed by atoms with Crippen LogP contribution >= 0.6 is 0 Å². The Hall–Kier alpha value is -2.63. The third-order valence-electron chi connectivity index (χ3n) is 3.55. The van der Waals surface area contributed by atoms with Gasteiger partial charge in [-0.1, -0.05) is 18.2 Å². The number of nitrogens with one attached hydrogen (secondary N) is 1. The lowest BCUT2D eigenvalue weighted by Crippen LogP contribution is -2.26. The van der Waals surface area contributed by atoms with Gasteiger partial charge in [0.15, 0.2) is 0 Å². The van der Waals surface area contributed by atoms with E-state index in [2.05, 4.69) is 32.3 Å². The molecule has 3 rings (SSSR count). The highest BCUT2D eigenvalue weighted by Gasteiger charge is 2.21. The summed E-state index contributed by atoms with van der Waals surface area (Å²) in [5.74, 6) is 0.371. The fourth-order valence-electron chi connectivity index (χ4n) is 2.43. The number of aliphatic carboxylic acids is 1. The largest absolute Gasteiger partial charge is 0.480 e. The predicted octanol–water partition coefficient (Wildman–Crippen LogP) is 2.06. The van der Waals surface area contributed by atoms with Crippen molar-refractivity contribution >= 4 is 23.3 Å². The molecule has 0 fully saturated rings. The normalized spacial score (nSPS) is 14.6. The minimum atomic E-state index is -0.915. The van der Waals surface area contributed by atoms with Gasteiger partial charge in [0.05, 0.1) is 0 Å². The second kappa shape index (κ2) is 5.40. The number of hydrogen-bond acceptors (Lipinski definition) is 5. The summed E-state index contributed by atoms with van der Waals surface area (Å²) in [6.45, 7) is 2.44. The Morgan fingerprint density at radius 1 is 1.38 bits per heavy atom. The van der Waals surface area contributed by atoms with E-state index >= 15 is 0 Å². The van der Waals surface area contributed by atoms with Crippen LogP contribution in [-0.2, 0) is 11.2 Å². The number of carbonyl (C=O) groups is 1.